The predicted molar refractivity (Wildman–Crippen MR) is 114 cm³/mol. The summed E-state index contributed by atoms with van der Waals surface area (Å²) in [5.41, 5.74) is 3.70. The first-order valence-electron chi connectivity index (χ1n) is 9.60. The molecule has 2 N–H and O–H groups in total. The first kappa shape index (κ1) is 20.3. The van der Waals surface area contributed by atoms with Crippen molar-refractivity contribution in [3.05, 3.63) is 82.8 Å². The predicted octanol–water partition coefficient (Wildman–Crippen LogP) is 3.69. The van der Waals surface area contributed by atoms with E-state index >= 15 is 0 Å². The third-order valence-corrected chi connectivity index (χ3v) is 4.54. The molecule has 0 spiro atoms. The molecule has 0 bridgehead atoms. The molecule has 0 fully saturated rings. The molecule has 3 aromatic rings. The third-order valence-electron chi connectivity index (χ3n) is 4.54. The van der Waals surface area contributed by atoms with Crippen LogP contribution in [-0.4, -0.2) is 29.5 Å². The van der Waals surface area contributed by atoms with Crippen LogP contribution in [0.3, 0.4) is 0 Å². The Morgan fingerprint density at radius 2 is 1.79 bits per heavy atom. The average Bonchev–Trinajstić information content (AvgIpc) is 2.73. The minimum Gasteiger partial charge on any atom is -0.496 e. The van der Waals surface area contributed by atoms with E-state index in [1.54, 1.807) is 20.1 Å². The van der Waals surface area contributed by atoms with Gasteiger partial charge in [0.05, 0.1) is 7.11 Å². The Hall–Kier alpha value is -3.41. The first-order chi connectivity index (χ1) is 14.0. The van der Waals surface area contributed by atoms with Gasteiger partial charge in [-0.2, -0.15) is 0 Å². The number of nitrogens with one attached hydrogen (secondary N) is 2. The van der Waals surface area contributed by atoms with Crippen molar-refractivity contribution in [2.24, 2.45) is 0 Å². The number of benzene rings is 2. The Bertz CT molecular complexity index is 971. The number of nitrogens with zero attached hydrogens (tertiary/aromatic N) is 2. The second-order valence-electron chi connectivity index (χ2n) is 6.84. The van der Waals surface area contributed by atoms with Gasteiger partial charge >= 0.3 is 0 Å². The molecule has 29 heavy (non-hydrogen) atoms. The van der Waals surface area contributed by atoms with Crippen LogP contribution in [-0.2, 0) is 13.0 Å². The fraction of sp³-hybridized carbons (Fsp3) is 0.261. The van der Waals surface area contributed by atoms with Crippen LogP contribution in [0.4, 0.5) is 5.82 Å². The van der Waals surface area contributed by atoms with Crippen molar-refractivity contribution < 1.29 is 9.53 Å². The summed E-state index contributed by atoms with van der Waals surface area (Å²) in [4.78, 5) is 21.2. The van der Waals surface area contributed by atoms with Crippen LogP contribution in [0.1, 0.15) is 33.0 Å². The molecule has 1 aromatic heterocycles. The fourth-order valence-corrected chi connectivity index (χ4v) is 2.99. The summed E-state index contributed by atoms with van der Waals surface area (Å²) in [6.45, 7) is 4.94. The number of hydrogen-bond acceptors (Lipinski definition) is 5. The van der Waals surface area contributed by atoms with E-state index in [-0.39, 0.29) is 5.91 Å². The molecule has 1 amide bonds. The van der Waals surface area contributed by atoms with Gasteiger partial charge in [-0.1, -0.05) is 48.0 Å². The number of ether oxygens (including phenoxy) is 1. The molecule has 0 aliphatic carbocycles. The normalized spacial score (nSPS) is 10.4. The lowest BCUT2D eigenvalue weighted by Gasteiger charge is -2.11. The van der Waals surface area contributed by atoms with Crippen molar-refractivity contribution in [2.75, 3.05) is 19.0 Å². The molecule has 0 radical (unpaired) electrons. The number of anilines is 1. The van der Waals surface area contributed by atoms with E-state index in [2.05, 4.69) is 20.6 Å². The van der Waals surface area contributed by atoms with Gasteiger partial charge in [-0.25, -0.2) is 9.97 Å². The second kappa shape index (κ2) is 9.68. The number of amides is 1. The lowest BCUT2D eigenvalue weighted by atomic mass is 10.1. The maximum absolute atomic E-state index is 12.5. The lowest BCUT2D eigenvalue weighted by Crippen LogP contribution is -2.24. The highest BCUT2D eigenvalue weighted by molar-refractivity contribution is 5.92. The van der Waals surface area contributed by atoms with Crippen LogP contribution in [0, 0.1) is 13.8 Å². The SMILES string of the molecule is COc1ccccc1CCNc1cc(C(=O)NCc2ccc(C)cc2)nc(C)n1. The van der Waals surface area contributed by atoms with E-state index in [0.29, 0.717) is 30.4 Å². The quantitative estimate of drug-likeness (QED) is 0.614. The van der Waals surface area contributed by atoms with Gasteiger partial charge < -0.3 is 15.4 Å². The molecule has 0 atom stereocenters. The lowest BCUT2D eigenvalue weighted by molar-refractivity contribution is 0.0945. The monoisotopic (exact) mass is 390 g/mol. The molecule has 3 rings (SSSR count). The standard InChI is InChI=1S/C23H26N4O2/c1-16-8-10-18(11-9-16)15-25-23(28)20-14-22(27-17(2)26-20)24-13-12-19-6-4-5-7-21(19)29-3/h4-11,14H,12-13,15H2,1-3H3,(H,25,28)(H,24,26,27). The van der Waals surface area contributed by atoms with Crippen LogP contribution in [0.2, 0.25) is 0 Å². The van der Waals surface area contributed by atoms with Crippen LogP contribution in [0.25, 0.3) is 0 Å². The molecule has 1 heterocycles. The van der Waals surface area contributed by atoms with Gasteiger partial charge in [-0.15, -0.1) is 0 Å². The topological polar surface area (TPSA) is 76.1 Å². The molecule has 0 saturated carbocycles. The molecule has 0 saturated heterocycles. The number of aromatic nitrogens is 2. The summed E-state index contributed by atoms with van der Waals surface area (Å²) in [6.07, 6.45) is 0.780. The summed E-state index contributed by atoms with van der Waals surface area (Å²) in [6, 6.07) is 17.7. The summed E-state index contributed by atoms with van der Waals surface area (Å²) in [5, 5.41) is 6.19. The highest BCUT2D eigenvalue weighted by atomic mass is 16.5. The van der Waals surface area contributed by atoms with Gasteiger partial charge in [0.25, 0.3) is 5.91 Å². The van der Waals surface area contributed by atoms with Crippen LogP contribution < -0.4 is 15.4 Å². The van der Waals surface area contributed by atoms with Crippen LogP contribution >= 0.6 is 0 Å². The minimum atomic E-state index is -0.219. The van der Waals surface area contributed by atoms with Gasteiger partial charge in [0.15, 0.2) is 0 Å². The Kier molecular flexibility index (Phi) is 6.79. The Labute approximate surface area is 171 Å². The zero-order chi connectivity index (χ0) is 20.6. The molecule has 2 aromatic carbocycles. The molecule has 0 aliphatic heterocycles. The van der Waals surface area contributed by atoms with Crippen LogP contribution in [0.15, 0.2) is 54.6 Å². The van der Waals surface area contributed by atoms with Crippen molar-refractivity contribution in [2.45, 2.75) is 26.8 Å². The smallest absolute Gasteiger partial charge is 0.270 e. The highest BCUT2D eigenvalue weighted by Gasteiger charge is 2.11. The molecular weight excluding hydrogens is 364 g/mol. The number of carbonyl (C=O) groups excluding carboxylic acids is 1. The number of hydrogen-bond donors (Lipinski definition) is 2. The number of carbonyl (C=O) groups is 1. The Morgan fingerprint density at radius 1 is 1.03 bits per heavy atom. The molecule has 6 heteroatoms. The zero-order valence-electron chi connectivity index (χ0n) is 17.0. The Balaban J connectivity index is 1.59. The molecule has 150 valence electrons. The molecule has 0 unspecified atom stereocenters. The van der Waals surface area contributed by atoms with E-state index in [1.165, 1.54) is 5.56 Å². The fourth-order valence-electron chi connectivity index (χ4n) is 2.99. The summed E-state index contributed by atoms with van der Waals surface area (Å²) in [7, 11) is 1.67. The average molecular weight is 390 g/mol. The van der Waals surface area contributed by atoms with Crippen molar-refractivity contribution in [3.63, 3.8) is 0 Å². The van der Waals surface area contributed by atoms with Gasteiger partial charge in [0.2, 0.25) is 0 Å². The van der Waals surface area contributed by atoms with Crippen molar-refractivity contribution in [1.82, 2.24) is 15.3 Å². The van der Waals surface area contributed by atoms with E-state index in [0.717, 1.165) is 23.3 Å². The maximum atomic E-state index is 12.5. The van der Waals surface area contributed by atoms with Crippen molar-refractivity contribution in [3.8, 4) is 5.75 Å². The highest BCUT2D eigenvalue weighted by Crippen LogP contribution is 2.18. The largest absolute Gasteiger partial charge is 0.496 e. The second-order valence-corrected chi connectivity index (χ2v) is 6.84. The summed E-state index contributed by atoms with van der Waals surface area (Å²) >= 11 is 0. The van der Waals surface area contributed by atoms with Gasteiger partial charge in [0.1, 0.15) is 23.1 Å². The number of aryl methyl sites for hydroxylation is 2. The summed E-state index contributed by atoms with van der Waals surface area (Å²) < 4.78 is 5.38. The third kappa shape index (κ3) is 5.78. The van der Waals surface area contributed by atoms with Crippen molar-refractivity contribution >= 4 is 11.7 Å². The van der Waals surface area contributed by atoms with Crippen LogP contribution in [0.5, 0.6) is 5.75 Å². The van der Waals surface area contributed by atoms with Gasteiger partial charge in [-0.3, -0.25) is 4.79 Å². The summed E-state index contributed by atoms with van der Waals surface area (Å²) in [5.74, 6) is 1.83. The van der Waals surface area contributed by atoms with E-state index in [1.807, 2.05) is 55.5 Å². The van der Waals surface area contributed by atoms with Crippen molar-refractivity contribution in [1.29, 1.82) is 0 Å². The van der Waals surface area contributed by atoms with Gasteiger partial charge in [-0.05, 0) is 37.5 Å². The van der Waals surface area contributed by atoms with E-state index < -0.39 is 0 Å². The van der Waals surface area contributed by atoms with E-state index in [4.69, 9.17) is 4.74 Å². The zero-order valence-corrected chi connectivity index (χ0v) is 17.0. The molecule has 0 aliphatic rings. The number of para-hydroxylation sites is 1. The van der Waals surface area contributed by atoms with Gasteiger partial charge in [0, 0.05) is 19.2 Å². The molecular formula is C23H26N4O2. The minimum absolute atomic E-state index is 0.219. The van der Waals surface area contributed by atoms with E-state index in [9.17, 15) is 4.79 Å². The molecule has 6 nitrogen and oxygen atoms in total. The number of rotatable bonds is 8. The number of methoxy groups -OCH3 is 1. The Morgan fingerprint density at radius 3 is 2.55 bits per heavy atom. The maximum Gasteiger partial charge on any atom is 0.270 e. The first-order valence-corrected chi connectivity index (χ1v) is 9.60.